The van der Waals surface area contributed by atoms with E-state index in [9.17, 15) is 14.4 Å². The number of nitrogens with zero attached hydrogens (tertiary/aromatic N) is 2. The molecule has 8 heteroatoms. The fourth-order valence-corrected chi connectivity index (χ4v) is 5.44. The quantitative estimate of drug-likeness (QED) is 0.773. The zero-order valence-electron chi connectivity index (χ0n) is 17.1. The minimum absolute atomic E-state index is 0.0904. The molecule has 3 atom stereocenters. The van der Waals surface area contributed by atoms with Gasteiger partial charge in [-0.05, 0) is 44.6 Å². The number of carbonyl (C=O) groups excluding carboxylic acids is 2. The molecule has 7 nitrogen and oxygen atoms in total. The molecule has 156 valence electrons. The fraction of sp³-hybridized carbons (Fsp3) is 0.619. The molecule has 29 heavy (non-hydrogen) atoms. The number of thiophene rings is 1. The highest BCUT2D eigenvalue weighted by atomic mass is 32.1. The lowest BCUT2D eigenvalue weighted by atomic mass is 9.86. The SMILES string of the molecule is Cc1c(C(=O)O[C@@H](C)C(=O)N[C@H]2CCCC[C@@H]2C)sc2nc3n(c(=O)c12)CCC3. The van der Waals surface area contributed by atoms with Crippen molar-refractivity contribution in [2.24, 2.45) is 5.92 Å². The maximum Gasteiger partial charge on any atom is 0.349 e. The van der Waals surface area contributed by atoms with E-state index in [-0.39, 0.29) is 17.5 Å². The van der Waals surface area contributed by atoms with Crippen molar-refractivity contribution in [1.82, 2.24) is 14.9 Å². The monoisotopic (exact) mass is 417 g/mol. The van der Waals surface area contributed by atoms with Crippen molar-refractivity contribution < 1.29 is 14.3 Å². The number of fused-ring (bicyclic) bond motifs is 2. The number of esters is 1. The average Bonchev–Trinajstić information content (AvgIpc) is 3.28. The lowest BCUT2D eigenvalue weighted by Crippen LogP contribution is -2.45. The van der Waals surface area contributed by atoms with Gasteiger partial charge >= 0.3 is 5.97 Å². The van der Waals surface area contributed by atoms with Crippen LogP contribution in [0.15, 0.2) is 4.79 Å². The summed E-state index contributed by atoms with van der Waals surface area (Å²) in [5, 5.41) is 3.51. The van der Waals surface area contributed by atoms with Crippen LogP contribution in [-0.2, 0) is 22.5 Å². The highest BCUT2D eigenvalue weighted by Crippen LogP contribution is 2.29. The molecule has 1 fully saturated rings. The molecule has 0 radical (unpaired) electrons. The van der Waals surface area contributed by atoms with Crippen molar-refractivity contribution in [3.8, 4) is 0 Å². The maximum atomic E-state index is 12.8. The van der Waals surface area contributed by atoms with Crippen molar-refractivity contribution >= 4 is 33.4 Å². The minimum atomic E-state index is -0.889. The molecule has 1 aliphatic carbocycles. The Morgan fingerprint density at radius 1 is 1.28 bits per heavy atom. The lowest BCUT2D eigenvalue weighted by Gasteiger charge is -2.30. The van der Waals surface area contributed by atoms with Gasteiger partial charge in [-0.1, -0.05) is 19.8 Å². The third kappa shape index (κ3) is 3.70. The van der Waals surface area contributed by atoms with Gasteiger partial charge in [-0.2, -0.15) is 0 Å². The first-order chi connectivity index (χ1) is 13.9. The molecular formula is C21H27N3O4S. The van der Waals surface area contributed by atoms with E-state index in [1.807, 2.05) is 0 Å². The molecule has 2 aliphatic rings. The Kier molecular flexibility index (Phi) is 5.46. The summed E-state index contributed by atoms with van der Waals surface area (Å²) in [4.78, 5) is 43.5. The van der Waals surface area contributed by atoms with Crippen LogP contribution in [0.1, 0.15) is 67.0 Å². The molecule has 1 saturated carbocycles. The number of nitrogens with one attached hydrogen (secondary N) is 1. The highest BCUT2D eigenvalue weighted by molar-refractivity contribution is 7.20. The van der Waals surface area contributed by atoms with Crippen LogP contribution in [0.2, 0.25) is 0 Å². The summed E-state index contributed by atoms with van der Waals surface area (Å²) in [6.07, 6.45) is 5.17. The molecule has 4 rings (SSSR count). The number of carbonyl (C=O) groups is 2. The summed E-state index contributed by atoms with van der Waals surface area (Å²) in [6, 6.07) is 0.134. The molecular weight excluding hydrogens is 390 g/mol. The minimum Gasteiger partial charge on any atom is -0.448 e. The van der Waals surface area contributed by atoms with E-state index in [0.717, 1.165) is 37.9 Å². The topological polar surface area (TPSA) is 90.3 Å². The average molecular weight is 418 g/mol. The summed E-state index contributed by atoms with van der Waals surface area (Å²) in [5.41, 5.74) is 0.496. The number of aromatic nitrogens is 2. The van der Waals surface area contributed by atoms with Gasteiger partial charge < -0.3 is 10.1 Å². The highest BCUT2D eigenvalue weighted by Gasteiger charge is 2.29. The van der Waals surface area contributed by atoms with Crippen LogP contribution in [0.25, 0.3) is 10.2 Å². The predicted molar refractivity (Wildman–Crippen MR) is 111 cm³/mol. The molecule has 0 bridgehead atoms. The Morgan fingerprint density at radius 3 is 2.79 bits per heavy atom. The van der Waals surface area contributed by atoms with Crippen LogP contribution < -0.4 is 10.9 Å². The van der Waals surface area contributed by atoms with Gasteiger partial charge in [-0.25, -0.2) is 9.78 Å². The largest absolute Gasteiger partial charge is 0.448 e. The van der Waals surface area contributed by atoms with Gasteiger partial charge in [0.15, 0.2) is 6.10 Å². The number of hydrogen-bond donors (Lipinski definition) is 1. The Labute approximate surface area is 173 Å². The van der Waals surface area contributed by atoms with Gasteiger partial charge in [0.1, 0.15) is 15.5 Å². The van der Waals surface area contributed by atoms with E-state index in [1.165, 1.54) is 17.8 Å². The van der Waals surface area contributed by atoms with Gasteiger partial charge in [-0.15, -0.1) is 11.3 Å². The molecule has 2 aromatic heterocycles. The van der Waals surface area contributed by atoms with E-state index in [1.54, 1.807) is 18.4 Å². The second-order valence-corrected chi connectivity index (χ2v) is 9.25. The van der Waals surface area contributed by atoms with Gasteiger partial charge in [0, 0.05) is 19.0 Å². The lowest BCUT2D eigenvalue weighted by molar-refractivity contribution is -0.130. The third-order valence-electron chi connectivity index (χ3n) is 6.19. The molecule has 1 aliphatic heterocycles. The molecule has 0 unspecified atom stereocenters. The summed E-state index contributed by atoms with van der Waals surface area (Å²) in [6.45, 7) is 6.15. The van der Waals surface area contributed by atoms with Gasteiger partial charge in [0.25, 0.3) is 11.5 Å². The van der Waals surface area contributed by atoms with E-state index in [4.69, 9.17) is 4.74 Å². The van der Waals surface area contributed by atoms with Crippen LogP contribution >= 0.6 is 11.3 Å². The Balaban J connectivity index is 1.50. The van der Waals surface area contributed by atoms with Gasteiger partial charge in [-0.3, -0.25) is 14.2 Å². The van der Waals surface area contributed by atoms with Crippen molar-refractivity contribution in [3.63, 3.8) is 0 Å². The smallest absolute Gasteiger partial charge is 0.349 e. The van der Waals surface area contributed by atoms with E-state index >= 15 is 0 Å². The zero-order valence-corrected chi connectivity index (χ0v) is 17.9. The molecule has 1 amide bonds. The number of rotatable bonds is 4. The zero-order chi connectivity index (χ0) is 20.7. The standard InChI is InChI=1S/C21H27N3O4S/c1-11-7-4-5-8-14(11)22-18(25)13(3)28-21(27)17-12(2)16-19(29-17)23-15-9-6-10-24(15)20(16)26/h11,13-14H,4-10H2,1-3H3,(H,22,25)/t11-,13-,14-/m0/s1. The predicted octanol–water partition coefficient (Wildman–Crippen LogP) is 2.95. The summed E-state index contributed by atoms with van der Waals surface area (Å²) in [5.74, 6) is 0.363. The van der Waals surface area contributed by atoms with Crippen molar-refractivity contribution in [2.45, 2.75) is 78.0 Å². The van der Waals surface area contributed by atoms with Crippen molar-refractivity contribution in [3.05, 3.63) is 26.6 Å². The van der Waals surface area contributed by atoms with Crippen molar-refractivity contribution in [2.75, 3.05) is 0 Å². The van der Waals surface area contributed by atoms with Crippen LogP contribution in [0.5, 0.6) is 0 Å². The first kappa shape index (κ1) is 20.1. The molecule has 2 aromatic rings. The summed E-state index contributed by atoms with van der Waals surface area (Å²) < 4.78 is 7.14. The van der Waals surface area contributed by atoms with E-state index in [2.05, 4.69) is 17.2 Å². The number of hydrogen-bond acceptors (Lipinski definition) is 6. The maximum absolute atomic E-state index is 12.8. The van der Waals surface area contributed by atoms with Crippen LogP contribution in [0, 0.1) is 12.8 Å². The first-order valence-electron chi connectivity index (χ1n) is 10.4. The van der Waals surface area contributed by atoms with Crippen LogP contribution in [0.4, 0.5) is 0 Å². The Morgan fingerprint density at radius 2 is 2.03 bits per heavy atom. The molecule has 0 aromatic carbocycles. The number of aryl methyl sites for hydroxylation is 2. The normalized spacial score (nSPS) is 22.3. The molecule has 0 saturated heterocycles. The number of ether oxygens (including phenoxy) is 1. The van der Waals surface area contributed by atoms with Gasteiger partial charge in [0.05, 0.1) is 5.39 Å². The summed E-state index contributed by atoms with van der Waals surface area (Å²) in [7, 11) is 0. The fourth-order valence-electron chi connectivity index (χ4n) is 4.37. The van der Waals surface area contributed by atoms with Crippen LogP contribution in [-0.4, -0.2) is 33.6 Å². The Hall–Kier alpha value is -2.22. The van der Waals surface area contributed by atoms with Crippen molar-refractivity contribution in [1.29, 1.82) is 0 Å². The third-order valence-corrected chi connectivity index (χ3v) is 7.35. The summed E-state index contributed by atoms with van der Waals surface area (Å²) >= 11 is 1.17. The van der Waals surface area contributed by atoms with Crippen LogP contribution in [0.3, 0.4) is 0 Å². The molecule has 0 spiro atoms. The first-order valence-corrected chi connectivity index (χ1v) is 11.2. The molecule has 3 heterocycles. The second-order valence-electron chi connectivity index (χ2n) is 8.25. The Bertz CT molecular complexity index is 1030. The molecule has 1 N–H and O–H groups in total. The van der Waals surface area contributed by atoms with E-state index < -0.39 is 12.1 Å². The second kappa shape index (κ2) is 7.89. The van der Waals surface area contributed by atoms with E-state index in [0.29, 0.717) is 33.1 Å². The number of amides is 1. The van der Waals surface area contributed by atoms with Gasteiger partial charge in [0.2, 0.25) is 0 Å².